The van der Waals surface area contributed by atoms with Crippen molar-refractivity contribution < 1.29 is 24.2 Å². The predicted octanol–water partition coefficient (Wildman–Crippen LogP) is 2.24. The van der Waals surface area contributed by atoms with Crippen molar-refractivity contribution in [1.82, 2.24) is 10.2 Å². The zero-order chi connectivity index (χ0) is 17.5. The average Bonchev–Trinajstić information content (AvgIpc) is 3.40. The Morgan fingerprint density at radius 1 is 1.29 bits per heavy atom. The van der Waals surface area contributed by atoms with Crippen LogP contribution in [-0.4, -0.2) is 48.8 Å². The van der Waals surface area contributed by atoms with Gasteiger partial charge in [0, 0.05) is 24.6 Å². The van der Waals surface area contributed by atoms with Gasteiger partial charge in [0.25, 0.3) is 0 Å². The fraction of sp³-hybridized carbons (Fsp3) is 0.529. The maximum atomic E-state index is 12.4. The van der Waals surface area contributed by atoms with Crippen molar-refractivity contribution in [1.29, 1.82) is 0 Å². The number of aliphatic carboxylic acids is 1. The maximum absolute atomic E-state index is 12.4. The van der Waals surface area contributed by atoms with Crippen molar-refractivity contribution in [2.24, 2.45) is 0 Å². The lowest BCUT2D eigenvalue weighted by molar-refractivity contribution is -0.137. The number of carboxylic acid groups (broad SMARTS) is 1. The topological polar surface area (TPSA) is 88.1 Å². The summed E-state index contributed by atoms with van der Waals surface area (Å²) in [5, 5.41) is 11.4. The largest absolute Gasteiger partial charge is 0.497 e. The van der Waals surface area contributed by atoms with Crippen LogP contribution < -0.4 is 14.8 Å². The minimum atomic E-state index is -0.857. The summed E-state index contributed by atoms with van der Waals surface area (Å²) < 4.78 is 10.6. The van der Waals surface area contributed by atoms with Gasteiger partial charge in [-0.2, -0.15) is 0 Å². The molecule has 0 bridgehead atoms. The van der Waals surface area contributed by atoms with Gasteiger partial charge in [-0.25, -0.2) is 4.79 Å². The van der Waals surface area contributed by atoms with Crippen LogP contribution in [0.1, 0.15) is 31.2 Å². The smallest absolute Gasteiger partial charge is 0.317 e. The second kappa shape index (κ2) is 8.42. The van der Waals surface area contributed by atoms with Crippen molar-refractivity contribution in [3.05, 3.63) is 23.8 Å². The van der Waals surface area contributed by atoms with Gasteiger partial charge in [0.15, 0.2) is 0 Å². The molecule has 132 valence electrons. The lowest BCUT2D eigenvalue weighted by atomic mass is 10.1. The van der Waals surface area contributed by atoms with Crippen molar-refractivity contribution in [3.63, 3.8) is 0 Å². The molecular weight excluding hydrogens is 312 g/mol. The van der Waals surface area contributed by atoms with Gasteiger partial charge in [0.2, 0.25) is 0 Å². The van der Waals surface area contributed by atoms with Gasteiger partial charge in [0.1, 0.15) is 11.5 Å². The van der Waals surface area contributed by atoms with E-state index in [0.29, 0.717) is 31.0 Å². The summed E-state index contributed by atoms with van der Waals surface area (Å²) in [6.45, 7) is 0.777. The van der Waals surface area contributed by atoms with Gasteiger partial charge in [-0.05, 0) is 37.5 Å². The first-order valence-electron chi connectivity index (χ1n) is 8.02. The lowest BCUT2D eigenvalue weighted by Gasteiger charge is -2.24. The molecule has 0 unspecified atom stereocenters. The van der Waals surface area contributed by atoms with Gasteiger partial charge < -0.3 is 24.8 Å². The van der Waals surface area contributed by atoms with Gasteiger partial charge in [-0.3, -0.25) is 4.79 Å². The van der Waals surface area contributed by atoms with E-state index < -0.39 is 5.97 Å². The summed E-state index contributed by atoms with van der Waals surface area (Å²) in [7, 11) is 3.19. The van der Waals surface area contributed by atoms with Crippen LogP contribution in [0, 0.1) is 0 Å². The number of hydrogen-bond acceptors (Lipinski definition) is 4. The number of amides is 2. The Balaban J connectivity index is 2.00. The summed E-state index contributed by atoms with van der Waals surface area (Å²) in [5.74, 6) is 0.563. The van der Waals surface area contributed by atoms with E-state index in [1.165, 1.54) is 0 Å². The first-order valence-corrected chi connectivity index (χ1v) is 8.02. The monoisotopic (exact) mass is 336 g/mol. The van der Waals surface area contributed by atoms with Crippen LogP contribution >= 0.6 is 0 Å². The van der Waals surface area contributed by atoms with E-state index in [2.05, 4.69) is 5.32 Å². The highest BCUT2D eigenvalue weighted by atomic mass is 16.5. The number of carboxylic acids is 1. The summed E-state index contributed by atoms with van der Waals surface area (Å²) in [5.41, 5.74) is 0.879. The predicted molar refractivity (Wildman–Crippen MR) is 88.4 cm³/mol. The van der Waals surface area contributed by atoms with Crippen LogP contribution in [-0.2, 0) is 11.3 Å². The quantitative estimate of drug-likeness (QED) is 0.675. The molecule has 1 aliphatic carbocycles. The third-order valence-electron chi connectivity index (χ3n) is 3.92. The van der Waals surface area contributed by atoms with Gasteiger partial charge in [0.05, 0.1) is 20.8 Å². The zero-order valence-electron chi connectivity index (χ0n) is 14.1. The molecule has 1 fully saturated rings. The van der Waals surface area contributed by atoms with Crippen LogP contribution in [0.5, 0.6) is 11.5 Å². The Morgan fingerprint density at radius 3 is 2.62 bits per heavy atom. The first kappa shape index (κ1) is 17.9. The summed E-state index contributed by atoms with van der Waals surface area (Å²) in [6.07, 6.45) is 2.43. The molecule has 1 saturated carbocycles. The number of benzene rings is 1. The Labute approximate surface area is 141 Å². The van der Waals surface area contributed by atoms with Crippen molar-refractivity contribution >= 4 is 12.0 Å². The van der Waals surface area contributed by atoms with Gasteiger partial charge in [-0.1, -0.05) is 0 Å². The minimum Gasteiger partial charge on any atom is -0.497 e. The Kier molecular flexibility index (Phi) is 6.28. The van der Waals surface area contributed by atoms with Crippen molar-refractivity contribution in [2.45, 2.75) is 38.3 Å². The second-order valence-electron chi connectivity index (χ2n) is 5.77. The number of carbonyl (C=O) groups is 2. The standard InChI is InChI=1S/C17H24N2O5/c1-23-14-7-8-15(24-2)12(10-14)11-19(13-5-6-13)17(22)18-9-3-4-16(20)21/h7-8,10,13H,3-6,9,11H2,1-2H3,(H,18,22)(H,20,21). The molecule has 0 atom stereocenters. The highest BCUT2D eigenvalue weighted by Gasteiger charge is 2.33. The average molecular weight is 336 g/mol. The molecule has 1 aliphatic rings. The molecule has 0 radical (unpaired) electrons. The molecule has 1 aromatic carbocycles. The molecule has 0 spiro atoms. The third-order valence-corrected chi connectivity index (χ3v) is 3.92. The molecule has 7 nitrogen and oxygen atoms in total. The van der Waals surface area contributed by atoms with E-state index in [9.17, 15) is 9.59 Å². The fourth-order valence-corrected chi connectivity index (χ4v) is 2.48. The maximum Gasteiger partial charge on any atom is 0.317 e. The zero-order valence-corrected chi connectivity index (χ0v) is 14.1. The van der Waals surface area contributed by atoms with Gasteiger partial charge >= 0.3 is 12.0 Å². The molecule has 1 aromatic rings. The fourth-order valence-electron chi connectivity index (χ4n) is 2.48. The number of rotatable bonds is 9. The number of nitrogens with zero attached hydrogens (tertiary/aromatic N) is 1. The molecule has 24 heavy (non-hydrogen) atoms. The molecule has 0 saturated heterocycles. The molecule has 0 aliphatic heterocycles. The van der Waals surface area contributed by atoms with E-state index >= 15 is 0 Å². The molecular formula is C17H24N2O5. The Morgan fingerprint density at radius 2 is 2.04 bits per heavy atom. The minimum absolute atomic E-state index is 0.0490. The Hall–Kier alpha value is -2.44. The van der Waals surface area contributed by atoms with E-state index in [1.54, 1.807) is 19.1 Å². The van der Waals surface area contributed by atoms with Crippen LogP contribution in [0.3, 0.4) is 0 Å². The lowest BCUT2D eigenvalue weighted by Crippen LogP contribution is -2.41. The number of hydrogen-bond donors (Lipinski definition) is 2. The van der Waals surface area contributed by atoms with Crippen molar-refractivity contribution in [3.8, 4) is 11.5 Å². The SMILES string of the molecule is COc1ccc(OC)c(CN(C(=O)NCCCC(=O)O)C2CC2)c1. The van der Waals surface area contributed by atoms with Gasteiger partial charge in [-0.15, -0.1) is 0 Å². The van der Waals surface area contributed by atoms with E-state index in [4.69, 9.17) is 14.6 Å². The molecule has 2 amide bonds. The molecule has 0 aromatic heterocycles. The summed E-state index contributed by atoms with van der Waals surface area (Å²) in [4.78, 5) is 24.7. The molecule has 2 rings (SSSR count). The number of ether oxygens (including phenoxy) is 2. The third kappa shape index (κ3) is 5.04. The molecule has 7 heteroatoms. The van der Waals surface area contributed by atoms with E-state index in [-0.39, 0.29) is 18.5 Å². The highest BCUT2D eigenvalue weighted by Crippen LogP contribution is 2.31. The van der Waals surface area contributed by atoms with E-state index in [0.717, 1.165) is 18.4 Å². The van der Waals surface area contributed by atoms with Crippen LogP contribution in [0.25, 0.3) is 0 Å². The second-order valence-corrected chi connectivity index (χ2v) is 5.77. The van der Waals surface area contributed by atoms with Crippen LogP contribution in [0.15, 0.2) is 18.2 Å². The highest BCUT2D eigenvalue weighted by molar-refractivity contribution is 5.75. The first-order chi connectivity index (χ1) is 11.5. The van der Waals surface area contributed by atoms with Crippen LogP contribution in [0.2, 0.25) is 0 Å². The summed E-state index contributed by atoms with van der Waals surface area (Å²) in [6, 6.07) is 5.55. The van der Waals surface area contributed by atoms with Crippen molar-refractivity contribution in [2.75, 3.05) is 20.8 Å². The number of urea groups is 1. The summed E-state index contributed by atoms with van der Waals surface area (Å²) >= 11 is 0. The normalized spacial score (nSPS) is 13.2. The van der Waals surface area contributed by atoms with E-state index in [1.807, 2.05) is 18.2 Å². The number of methoxy groups -OCH3 is 2. The van der Waals surface area contributed by atoms with Crippen LogP contribution in [0.4, 0.5) is 4.79 Å². The molecule has 0 heterocycles. The molecule has 2 N–H and O–H groups in total. The Bertz CT molecular complexity index is 586. The number of carbonyl (C=O) groups excluding carboxylic acids is 1. The number of nitrogens with one attached hydrogen (secondary N) is 1.